The lowest BCUT2D eigenvalue weighted by molar-refractivity contribution is 0.341. The van der Waals surface area contributed by atoms with E-state index in [0.29, 0.717) is 11.6 Å². The molecule has 20 heavy (non-hydrogen) atoms. The SMILES string of the molecule is CCOc1ccc(Cl)cc1NC(CC)c1ccccc1. The van der Waals surface area contributed by atoms with E-state index in [1.165, 1.54) is 5.56 Å². The largest absolute Gasteiger partial charge is 0.492 e. The van der Waals surface area contributed by atoms with Crippen LogP contribution < -0.4 is 10.1 Å². The maximum Gasteiger partial charge on any atom is 0.142 e. The van der Waals surface area contributed by atoms with Crippen molar-refractivity contribution in [1.82, 2.24) is 0 Å². The molecular weight excluding hydrogens is 270 g/mol. The van der Waals surface area contributed by atoms with E-state index in [2.05, 4.69) is 36.5 Å². The van der Waals surface area contributed by atoms with Gasteiger partial charge < -0.3 is 10.1 Å². The maximum absolute atomic E-state index is 6.09. The van der Waals surface area contributed by atoms with Crippen molar-refractivity contribution in [2.45, 2.75) is 26.3 Å². The molecule has 0 spiro atoms. The van der Waals surface area contributed by atoms with Crippen molar-refractivity contribution in [3.63, 3.8) is 0 Å². The van der Waals surface area contributed by atoms with Gasteiger partial charge in [0.25, 0.3) is 0 Å². The summed E-state index contributed by atoms with van der Waals surface area (Å²) in [5.41, 5.74) is 2.20. The van der Waals surface area contributed by atoms with E-state index in [4.69, 9.17) is 16.3 Å². The summed E-state index contributed by atoms with van der Waals surface area (Å²) in [6.07, 6.45) is 0.988. The van der Waals surface area contributed by atoms with E-state index in [1.807, 2.05) is 31.2 Å². The van der Waals surface area contributed by atoms with E-state index in [9.17, 15) is 0 Å². The van der Waals surface area contributed by atoms with Crippen LogP contribution in [0.3, 0.4) is 0 Å². The molecule has 2 nitrogen and oxygen atoms in total. The molecule has 1 unspecified atom stereocenters. The highest BCUT2D eigenvalue weighted by molar-refractivity contribution is 6.30. The standard InChI is InChI=1S/C17H20ClNO/c1-3-15(13-8-6-5-7-9-13)19-16-12-14(18)10-11-17(16)20-4-2/h5-12,15,19H,3-4H2,1-2H3. The second-order valence-corrected chi connectivity index (χ2v) is 5.03. The summed E-state index contributed by atoms with van der Waals surface area (Å²) in [5.74, 6) is 0.839. The first kappa shape index (κ1) is 14.7. The average molecular weight is 290 g/mol. The Morgan fingerprint density at radius 3 is 2.50 bits per heavy atom. The molecule has 0 aliphatic rings. The molecule has 2 aromatic rings. The van der Waals surface area contributed by atoms with Crippen LogP contribution in [0, 0.1) is 0 Å². The van der Waals surface area contributed by atoms with Crippen molar-refractivity contribution in [3.8, 4) is 5.75 Å². The summed E-state index contributed by atoms with van der Waals surface area (Å²) < 4.78 is 5.65. The molecule has 0 saturated carbocycles. The molecule has 0 aliphatic heterocycles. The fourth-order valence-corrected chi connectivity index (χ4v) is 2.36. The number of halogens is 1. The van der Waals surface area contributed by atoms with Gasteiger partial charge in [-0.2, -0.15) is 0 Å². The Morgan fingerprint density at radius 2 is 1.85 bits per heavy atom. The summed E-state index contributed by atoms with van der Waals surface area (Å²) in [6, 6.07) is 16.3. The van der Waals surface area contributed by atoms with Crippen LogP contribution in [0.25, 0.3) is 0 Å². The van der Waals surface area contributed by atoms with Crippen molar-refractivity contribution in [2.75, 3.05) is 11.9 Å². The van der Waals surface area contributed by atoms with Crippen molar-refractivity contribution in [3.05, 3.63) is 59.1 Å². The monoisotopic (exact) mass is 289 g/mol. The average Bonchev–Trinajstić information content (AvgIpc) is 2.48. The zero-order valence-corrected chi connectivity index (χ0v) is 12.7. The third kappa shape index (κ3) is 3.67. The number of hydrogen-bond acceptors (Lipinski definition) is 2. The van der Waals surface area contributed by atoms with Gasteiger partial charge in [-0.25, -0.2) is 0 Å². The molecule has 3 heteroatoms. The molecule has 0 radical (unpaired) electrons. The van der Waals surface area contributed by atoms with Crippen LogP contribution in [-0.2, 0) is 0 Å². The molecule has 2 aromatic carbocycles. The van der Waals surface area contributed by atoms with Crippen LogP contribution in [0.5, 0.6) is 5.75 Å². The molecule has 0 saturated heterocycles. The predicted octanol–water partition coefficient (Wildman–Crippen LogP) is 5.30. The van der Waals surface area contributed by atoms with Crippen molar-refractivity contribution < 1.29 is 4.74 Å². The quantitative estimate of drug-likeness (QED) is 0.779. The lowest BCUT2D eigenvalue weighted by atomic mass is 10.0. The Balaban J connectivity index is 2.25. The molecular formula is C17H20ClNO. The second kappa shape index (κ2) is 7.20. The van der Waals surface area contributed by atoms with Crippen LogP contribution in [-0.4, -0.2) is 6.61 Å². The van der Waals surface area contributed by atoms with Crippen LogP contribution >= 0.6 is 11.6 Å². The number of benzene rings is 2. The van der Waals surface area contributed by atoms with Gasteiger partial charge in [0.05, 0.1) is 18.3 Å². The molecule has 0 aliphatic carbocycles. The van der Waals surface area contributed by atoms with Crippen LogP contribution in [0.1, 0.15) is 31.9 Å². The van der Waals surface area contributed by atoms with E-state index < -0.39 is 0 Å². The van der Waals surface area contributed by atoms with E-state index in [-0.39, 0.29) is 6.04 Å². The molecule has 1 N–H and O–H groups in total. The van der Waals surface area contributed by atoms with E-state index in [0.717, 1.165) is 17.9 Å². The van der Waals surface area contributed by atoms with Gasteiger partial charge in [-0.3, -0.25) is 0 Å². The Hall–Kier alpha value is -1.67. The topological polar surface area (TPSA) is 21.3 Å². The van der Waals surface area contributed by atoms with Gasteiger partial charge >= 0.3 is 0 Å². The summed E-state index contributed by atoms with van der Waals surface area (Å²) in [5, 5.41) is 4.24. The second-order valence-electron chi connectivity index (χ2n) is 4.59. The Bertz CT molecular complexity index is 542. The normalized spacial score (nSPS) is 11.9. The third-order valence-electron chi connectivity index (χ3n) is 3.18. The van der Waals surface area contributed by atoms with Crippen LogP contribution in [0.4, 0.5) is 5.69 Å². The molecule has 0 bridgehead atoms. The van der Waals surface area contributed by atoms with E-state index in [1.54, 1.807) is 0 Å². The zero-order valence-electron chi connectivity index (χ0n) is 11.9. The van der Waals surface area contributed by atoms with Crippen molar-refractivity contribution in [1.29, 1.82) is 0 Å². The highest BCUT2D eigenvalue weighted by Crippen LogP contribution is 2.32. The van der Waals surface area contributed by atoms with E-state index >= 15 is 0 Å². The van der Waals surface area contributed by atoms with Gasteiger partial charge in [0, 0.05) is 5.02 Å². The van der Waals surface area contributed by atoms with Crippen LogP contribution in [0.2, 0.25) is 5.02 Å². The predicted molar refractivity (Wildman–Crippen MR) is 85.7 cm³/mol. The van der Waals surface area contributed by atoms with Crippen molar-refractivity contribution in [2.24, 2.45) is 0 Å². The molecule has 2 rings (SSSR count). The molecule has 1 atom stereocenters. The Kier molecular flexibility index (Phi) is 5.31. The van der Waals surface area contributed by atoms with Gasteiger partial charge in [0.1, 0.15) is 5.75 Å². The number of hydrogen-bond donors (Lipinski definition) is 1. The smallest absolute Gasteiger partial charge is 0.142 e. The maximum atomic E-state index is 6.09. The number of nitrogens with one attached hydrogen (secondary N) is 1. The fraction of sp³-hybridized carbons (Fsp3) is 0.294. The minimum Gasteiger partial charge on any atom is -0.492 e. The van der Waals surface area contributed by atoms with Gasteiger partial charge in [-0.05, 0) is 37.1 Å². The molecule has 0 heterocycles. The van der Waals surface area contributed by atoms with Gasteiger partial charge in [0.15, 0.2) is 0 Å². The zero-order chi connectivity index (χ0) is 14.4. The first-order valence-electron chi connectivity index (χ1n) is 6.98. The molecule has 0 fully saturated rings. The van der Waals surface area contributed by atoms with Gasteiger partial charge in [-0.15, -0.1) is 0 Å². The van der Waals surface area contributed by atoms with Gasteiger partial charge in [-0.1, -0.05) is 48.9 Å². The third-order valence-corrected chi connectivity index (χ3v) is 3.42. The summed E-state index contributed by atoms with van der Waals surface area (Å²) >= 11 is 6.09. The van der Waals surface area contributed by atoms with Crippen LogP contribution in [0.15, 0.2) is 48.5 Å². The summed E-state index contributed by atoms with van der Waals surface area (Å²) in [4.78, 5) is 0. The molecule has 0 amide bonds. The molecule has 0 aromatic heterocycles. The lowest BCUT2D eigenvalue weighted by Gasteiger charge is -2.21. The first-order chi connectivity index (χ1) is 9.74. The summed E-state index contributed by atoms with van der Waals surface area (Å²) in [6.45, 7) is 4.78. The fourth-order valence-electron chi connectivity index (χ4n) is 2.19. The molecule has 106 valence electrons. The number of ether oxygens (including phenoxy) is 1. The minimum atomic E-state index is 0.244. The number of anilines is 1. The summed E-state index contributed by atoms with van der Waals surface area (Å²) in [7, 11) is 0. The van der Waals surface area contributed by atoms with Gasteiger partial charge in [0.2, 0.25) is 0 Å². The number of rotatable bonds is 6. The highest BCUT2D eigenvalue weighted by atomic mass is 35.5. The van der Waals surface area contributed by atoms with Crippen molar-refractivity contribution >= 4 is 17.3 Å². The Morgan fingerprint density at radius 1 is 1.10 bits per heavy atom. The highest BCUT2D eigenvalue weighted by Gasteiger charge is 2.12. The first-order valence-corrected chi connectivity index (χ1v) is 7.36. The Labute approximate surface area is 125 Å². The minimum absolute atomic E-state index is 0.244. The lowest BCUT2D eigenvalue weighted by Crippen LogP contribution is -2.10.